The molecule has 0 aliphatic rings. The van der Waals surface area contributed by atoms with Crippen LogP contribution in [0.5, 0.6) is 0 Å². The summed E-state index contributed by atoms with van der Waals surface area (Å²) in [7, 11) is 0. The third-order valence-electron chi connectivity index (χ3n) is 1.51. The number of nitrogens with two attached hydrogens (primary N) is 1. The molecule has 14 heavy (non-hydrogen) atoms. The van der Waals surface area contributed by atoms with Crippen molar-refractivity contribution in [1.29, 1.82) is 0 Å². The number of primary amides is 1. The first-order valence-electron chi connectivity index (χ1n) is 3.42. The minimum absolute atomic E-state index is 0.0787. The number of halogens is 3. The van der Waals surface area contributed by atoms with Gasteiger partial charge in [-0.3, -0.25) is 4.79 Å². The molecule has 0 saturated carbocycles. The van der Waals surface area contributed by atoms with Crippen molar-refractivity contribution in [2.75, 3.05) is 0 Å². The molecule has 2 N–H and O–H groups in total. The summed E-state index contributed by atoms with van der Waals surface area (Å²) in [5.41, 5.74) is 2.64. The summed E-state index contributed by atoms with van der Waals surface area (Å²) in [5.74, 6) is -1.29. The molecule has 1 amide bonds. The van der Waals surface area contributed by atoms with E-state index in [1.165, 1.54) is 0 Å². The molecule has 0 spiro atoms. The van der Waals surface area contributed by atoms with Crippen molar-refractivity contribution in [3.8, 4) is 0 Å². The summed E-state index contributed by atoms with van der Waals surface area (Å²) in [6.45, 7) is 0. The van der Waals surface area contributed by atoms with Crippen LogP contribution in [0.2, 0.25) is 0 Å². The van der Waals surface area contributed by atoms with E-state index in [9.17, 15) is 23.2 Å². The van der Waals surface area contributed by atoms with Crippen LogP contribution in [0.4, 0.5) is 13.2 Å². The van der Waals surface area contributed by atoms with Gasteiger partial charge in [-0.05, 0) is 0 Å². The number of pyridine rings is 1. The Morgan fingerprint density at radius 3 is 2.50 bits per heavy atom. The Balaban J connectivity index is 3.37. The normalized spacial score (nSPS) is 11.4. The first-order valence-corrected chi connectivity index (χ1v) is 3.42. The average molecular weight is 206 g/mol. The van der Waals surface area contributed by atoms with Gasteiger partial charge in [-0.2, -0.15) is 17.9 Å². The van der Waals surface area contributed by atoms with Gasteiger partial charge in [-0.1, -0.05) is 0 Å². The van der Waals surface area contributed by atoms with Crippen LogP contribution >= 0.6 is 0 Å². The molecule has 76 valence electrons. The highest BCUT2D eigenvalue weighted by Gasteiger charge is 2.36. The number of nitrogens with zero attached hydrogens (tertiary/aromatic N) is 1. The maximum absolute atomic E-state index is 12.2. The molecule has 0 fully saturated rings. The second kappa shape index (κ2) is 3.17. The van der Waals surface area contributed by atoms with Crippen molar-refractivity contribution in [2.45, 2.75) is 6.18 Å². The second-order valence-electron chi connectivity index (χ2n) is 2.49. The lowest BCUT2D eigenvalue weighted by molar-refractivity contribution is -0.605. The molecule has 1 aromatic heterocycles. The molecular weight excluding hydrogens is 201 g/mol. The number of carbonyl (C=O) groups is 1. The van der Waals surface area contributed by atoms with Gasteiger partial charge in [-0.15, -0.1) is 0 Å². The van der Waals surface area contributed by atoms with E-state index in [0.717, 1.165) is 0 Å². The molecule has 1 heterocycles. The fourth-order valence-electron chi connectivity index (χ4n) is 0.921. The van der Waals surface area contributed by atoms with E-state index in [1.54, 1.807) is 0 Å². The monoisotopic (exact) mass is 206 g/mol. The van der Waals surface area contributed by atoms with Crippen LogP contribution in [0.25, 0.3) is 0 Å². The lowest BCUT2D eigenvalue weighted by atomic mass is 10.1. The Labute approximate surface area is 76.3 Å². The Bertz CT molecular complexity index is 376. The largest absolute Gasteiger partial charge is 0.619 e. The summed E-state index contributed by atoms with van der Waals surface area (Å²) in [5, 5.41) is 10.6. The number of carbonyl (C=O) groups excluding carboxylic acids is 1. The van der Waals surface area contributed by atoms with Gasteiger partial charge in [0.2, 0.25) is 0 Å². The Kier molecular flexibility index (Phi) is 2.33. The van der Waals surface area contributed by atoms with Crippen molar-refractivity contribution in [1.82, 2.24) is 0 Å². The number of hydrogen-bond acceptors (Lipinski definition) is 2. The predicted molar refractivity (Wildman–Crippen MR) is 38.9 cm³/mol. The van der Waals surface area contributed by atoms with Gasteiger partial charge in [0, 0.05) is 6.07 Å². The van der Waals surface area contributed by atoms with Gasteiger partial charge in [0.25, 0.3) is 5.91 Å². The zero-order valence-corrected chi connectivity index (χ0v) is 6.71. The van der Waals surface area contributed by atoms with Gasteiger partial charge in [0.05, 0.1) is 5.56 Å². The topological polar surface area (TPSA) is 70.0 Å². The Morgan fingerprint density at radius 2 is 2.07 bits per heavy atom. The van der Waals surface area contributed by atoms with E-state index < -0.39 is 23.2 Å². The van der Waals surface area contributed by atoms with Crippen molar-refractivity contribution >= 4 is 5.91 Å². The van der Waals surface area contributed by atoms with Crippen LogP contribution in [0.15, 0.2) is 18.5 Å². The molecule has 0 aliphatic carbocycles. The molecule has 7 heteroatoms. The molecule has 0 atom stereocenters. The Morgan fingerprint density at radius 1 is 1.50 bits per heavy atom. The van der Waals surface area contributed by atoms with Crippen molar-refractivity contribution in [2.24, 2.45) is 5.73 Å². The van der Waals surface area contributed by atoms with Crippen LogP contribution in [-0.4, -0.2) is 5.91 Å². The average Bonchev–Trinajstić information content (AvgIpc) is 2.01. The summed E-state index contributed by atoms with van der Waals surface area (Å²) in [6, 6.07) is 0.507. The van der Waals surface area contributed by atoms with Crippen molar-refractivity contribution in [3.63, 3.8) is 0 Å². The molecule has 0 saturated heterocycles. The third kappa shape index (κ3) is 1.93. The summed E-state index contributed by atoms with van der Waals surface area (Å²) in [6.07, 6.45) is -3.56. The van der Waals surface area contributed by atoms with E-state index >= 15 is 0 Å². The maximum atomic E-state index is 12.2. The summed E-state index contributed by atoms with van der Waals surface area (Å²) >= 11 is 0. The highest BCUT2D eigenvalue weighted by Crippen LogP contribution is 2.30. The molecule has 4 nitrogen and oxygen atoms in total. The number of rotatable bonds is 1. The molecule has 0 unspecified atom stereocenters. The van der Waals surface area contributed by atoms with E-state index in [0.29, 0.717) is 18.5 Å². The lowest BCUT2D eigenvalue weighted by Gasteiger charge is -2.09. The number of hydrogen-bond donors (Lipinski definition) is 1. The molecule has 0 aromatic carbocycles. The van der Waals surface area contributed by atoms with Crippen LogP contribution < -0.4 is 10.5 Å². The molecule has 0 aliphatic heterocycles. The first-order chi connectivity index (χ1) is 6.32. The van der Waals surface area contributed by atoms with Gasteiger partial charge >= 0.3 is 6.18 Å². The van der Waals surface area contributed by atoms with Crippen LogP contribution in [0, 0.1) is 5.21 Å². The SMILES string of the molecule is NC(=O)c1c[n+]([O-])ccc1C(F)(F)F. The zero-order chi connectivity index (χ0) is 10.9. The number of amides is 1. The zero-order valence-electron chi connectivity index (χ0n) is 6.71. The molecular formula is C7H5F3N2O2. The fraction of sp³-hybridized carbons (Fsp3) is 0.143. The van der Waals surface area contributed by atoms with Crippen LogP contribution in [0.1, 0.15) is 15.9 Å². The first kappa shape index (κ1) is 10.3. The second-order valence-corrected chi connectivity index (χ2v) is 2.49. The van der Waals surface area contributed by atoms with Crippen LogP contribution in [0.3, 0.4) is 0 Å². The highest BCUT2D eigenvalue weighted by atomic mass is 19.4. The molecule has 1 aromatic rings. The fourth-order valence-corrected chi connectivity index (χ4v) is 0.921. The number of alkyl halides is 3. The van der Waals surface area contributed by atoms with E-state index in [-0.39, 0.29) is 4.73 Å². The number of aromatic nitrogens is 1. The minimum atomic E-state index is -4.70. The van der Waals surface area contributed by atoms with E-state index in [1.807, 2.05) is 0 Å². The highest BCUT2D eigenvalue weighted by molar-refractivity contribution is 5.93. The standard InChI is InChI=1S/C7H5F3N2O2/c8-7(9,10)5-1-2-12(14)3-4(5)6(11)13/h1-3H,(H2,11,13). The Hall–Kier alpha value is -1.79. The molecule has 0 radical (unpaired) electrons. The maximum Gasteiger partial charge on any atom is 0.417 e. The van der Waals surface area contributed by atoms with E-state index in [4.69, 9.17) is 0 Å². The minimum Gasteiger partial charge on any atom is -0.619 e. The van der Waals surface area contributed by atoms with Crippen molar-refractivity contribution in [3.05, 3.63) is 34.8 Å². The summed E-state index contributed by atoms with van der Waals surface area (Å²) in [4.78, 5) is 10.6. The van der Waals surface area contributed by atoms with Crippen LogP contribution in [-0.2, 0) is 6.18 Å². The predicted octanol–water partition coefficient (Wildman–Crippen LogP) is 0.438. The lowest BCUT2D eigenvalue weighted by Crippen LogP contribution is -2.30. The van der Waals surface area contributed by atoms with Gasteiger partial charge in [-0.25, -0.2) is 0 Å². The quantitative estimate of drug-likeness (QED) is 0.534. The molecule has 1 rings (SSSR count). The smallest absolute Gasteiger partial charge is 0.417 e. The summed E-state index contributed by atoms with van der Waals surface area (Å²) < 4.78 is 36.7. The molecule has 0 bridgehead atoms. The van der Waals surface area contributed by atoms with Gasteiger partial charge in [0.15, 0.2) is 12.4 Å². The van der Waals surface area contributed by atoms with Crippen molar-refractivity contribution < 1.29 is 22.7 Å². The van der Waals surface area contributed by atoms with E-state index in [2.05, 4.69) is 5.73 Å². The van der Waals surface area contributed by atoms with Gasteiger partial charge < -0.3 is 10.9 Å². The van der Waals surface area contributed by atoms with Gasteiger partial charge in [0.1, 0.15) is 5.56 Å². The third-order valence-corrected chi connectivity index (χ3v) is 1.51.